The minimum absolute atomic E-state index is 0.0364. The molecule has 1 atom stereocenters. The molecule has 1 amide bonds. The molecule has 0 spiro atoms. The van der Waals surface area contributed by atoms with Crippen molar-refractivity contribution in [3.63, 3.8) is 0 Å². The maximum absolute atomic E-state index is 12.3. The predicted octanol–water partition coefficient (Wildman–Crippen LogP) is 3.86. The standard InChI is InChI=1S/C14H13ClN2OS/c15-13-5-4-9(8-16-13)17-14(18)11-2-1-3-12-10(11)6-7-19-12/h4-8,11H,1-3H2,(H,17,18). The Kier molecular flexibility index (Phi) is 3.53. The van der Waals surface area contributed by atoms with E-state index in [1.807, 2.05) is 0 Å². The number of thiophene rings is 1. The second-order valence-corrected chi connectivity index (χ2v) is 5.99. The van der Waals surface area contributed by atoms with Crippen molar-refractivity contribution in [3.05, 3.63) is 45.4 Å². The molecule has 0 aliphatic heterocycles. The minimum Gasteiger partial charge on any atom is -0.324 e. The molecule has 3 rings (SSSR count). The lowest BCUT2D eigenvalue weighted by Gasteiger charge is -2.21. The molecule has 5 heteroatoms. The molecular formula is C14H13ClN2OS. The number of pyridine rings is 1. The Morgan fingerprint density at radius 3 is 3.11 bits per heavy atom. The Hall–Kier alpha value is -1.39. The Morgan fingerprint density at radius 1 is 1.42 bits per heavy atom. The van der Waals surface area contributed by atoms with Crippen molar-refractivity contribution in [2.24, 2.45) is 0 Å². The average molecular weight is 293 g/mol. The van der Waals surface area contributed by atoms with E-state index in [0.717, 1.165) is 19.3 Å². The lowest BCUT2D eigenvalue weighted by atomic mass is 9.87. The van der Waals surface area contributed by atoms with Gasteiger partial charge in [-0.2, -0.15) is 0 Å². The van der Waals surface area contributed by atoms with Crippen molar-refractivity contribution in [2.75, 3.05) is 5.32 Å². The second-order valence-electron chi connectivity index (χ2n) is 4.60. The van der Waals surface area contributed by atoms with Crippen LogP contribution >= 0.6 is 22.9 Å². The van der Waals surface area contributed by atoms with Gasteiger partial charge in [0.05, 0.1) is 17.8 Å². The first kappa shape index (κ1) is 12.6. The first-order chi connectivity index (χ1) is 9.24. The number of hydrogen-bond donors (Lipinski definition) is 1. The summed E-state index contributed by atoms with van der Waals surface area (Å²) >= 11 is 7.47. The van der Waals surface area contributed by atoms with E-state index in [4.69, 9.17) is 11.6 Å². The summed E-state index contributed by atoms with van der Waals surface area (Å²) in [7, 11) is 0. The molecule has 1 aliphatic carbocycles. The van der Waals surface area contributed by atoms with Gasteiger partial charge in [-0.1, -0.05) is 11.6 Å². The fourth-order valence-corrected chi connectivity index (χ4v) is 3.54. The number of aryl methyl sites for hydroxylation is 1. The van der Waals surface area contributed by atoms with Crippen LogP contribution in [0.2, 0.25) is 5.15 Å². The van der Waals surface area contributed by atoms with Gasteiger partial charge in [0.15, 0.2) is 0 Å². The van der Waals surface area contributed by atoms with Gasteiger partial charge in [-0.25, -0.2) is 4.98 Å². The third-order valence-corrected chi connectivity index (χ3v) is 4.58. The fourth-order valence-electron chi connectivity index (χ4n) is 2.44. The summed E-state index contributed by atoms with van der Waals surface area (Å²) in [5, 5.41) is 5.41. The number of nitrogens with zero attached hydrogens (tertiary/aromatic N) is 1. The number of fused-ring (bicyclic) bond motifs is 1. The maximum atomic E-state index is 12.3. The molecule has 1 unspecified atom stereocenters. The number of anilines is 1. The fraction of sp³-hybridized carbons (Fsp3) is 0.286. The molecule has 98 valence electrons. The van der Waals surface area contributed by atoms with Crippen LogP contribution in [0.3, 0.4) is 0 Å². The number of carbonyl (C=O) groups excluding carboxylic acids is 1. The normalized spacial score (nSPS) is 17.8. The molecule has 0 radical (unpaired) electrons. The van der Waals surface area contributed by atoms with E-state index >= 15 is 0 Å². The molecule has 0 bridgehead atoms. The summed E-state index contributed by atoms with van der Waals surface area (Å²) in [5.41, 5.74) is 1.88. The predicted molar refractivity (Wildman–Crippen MR) is 77.9 cm³/mol. The Morgan fingerprint density at radius 2 is 2.32 bits per heavy atom. The summed E-state index contributed by atoms with van der Waals surface area (Å²) < 4.78 is 0. The van der Waals surface area contributed by atoms with Gasteiger partial charge in [-0.15, -0.1) is 11.3 Å². The first-order valence-electron chi connectivity index (χ1n) is 6.23. The van der Waals surface area contributed by atoms with Crippen LogP contribution in [-0.4, -0.2) is 10.9 Å². The van der Waals surface area contributed by atoms with E-state index in [0.29, 0.717) is 10.8 Å². The minimum atomic E-state index is -0.0364. The molecule has 0 fully saturated rings. The highest BCUT2D eigenvalue weighted by Crippen LogP contribution is 2.35. The molecule has 19 heavy (non-hydrogen) atoms. The molecule has 1 N–H and O–H groups in total. The average Bonchev–Trinajstić information content (AvgIpc) is 2.89. The van der Waals surface area contributed by atoms with Crippen molar-refractivity contribution in [1.29, 1.82) is 0 Å². The van der Waals surface area contributed by atoms with Crippen molar-refractivity contribution in [3.8, 4) is 0 Å². The van der Waals surface area contributed by atoms with E-state index < -0.39 is 0 Å². The number of rotatable bonds is 2. The lowest BCUT2D eigenvalue weighted by molar-refractivity contribution is -0.117. The van der Waals surface area contributed by atoms with Crippen LogP contribution in [0.4, 0.5) is 5.69 Å². The number of halogens is 1. The molecule has 1 aliphatic rings. The highest BCUT2D eigenvalue weighted by Gasteiger charge is 2.27. The second kappa shape index (κ2) is 5.31. The third-order valence-electron chi connectivity index (χ3n) is 3.36. The van der Waals surface area contributed by atoms with Crippen LogP contribution in [0.1, 0.15) is 29.2 Å². The van der Waals surface area contributed by atoms with Gasteiger partial charge < -0.3 is 5.32 Å². The van der Waals surface area contributed by atoms with Crippen LogP contribution in [0.25, 0.3) is 0 Å². The van der Waals surface area contributed by atoms with E-state index in [2.05, 4.69) is 21.7 Å². The molecular weight excluding hydrogens is 280 g/mol. The smallest absolute Gasteiger partial charge is 0.231 e. The first-order valence-corrected chi connectivity index (χ1v) is 7.48. The number of nitrogens with one attached hydrogen (secondary N) is 1. The molecule has 0 saturated heterocycles. The third kappa shape index (κ3) is 2.65. The number of amides is 1. The highest BCUT2D eigenvalue weighted by molar-refractivity contribution is 7.10. The van der Waals surface area contributed by atoms with Crippen LogP contribution in [0.5, 0.6) is 0 Å². The van der Waals surface area contributed by atoms with Gasteiger partial charge in [-0.3, -0.25) is 4.79 Å². The van der Waals surface area contributed by atoms with Crippen LogP contribution in [-0.2, 0) is 11.2 Å². The van der Waals surface area contributed by atoms with Crippen molar-refractivity contribution in [1.82, 2.24) is 4.98 Å². The van der Waals surface area contributed by atoms with Gasteiger partial charge in [0.2, 0.25) is 5.91 Å². The zero-order valence-corrected chi connectivity index (χ0v) is 11.8. The SMILES string of the molecule is O=C(Nc1ccc(Cl)nc1)C1CCCc2sccc21. The quantitative estimate of drug-likeness (QED) is 0.854. The molecule has 0 aromatic carbocycles. The van der Waals surface area contributed by atoms with Crippen LogP contribution in [0, 0.1) is 0 Å². The van der Waals surface area contributed by atoms with Crippen molar-refractivity contribution in [2.45, 2.75) is 25.2 Å². The van der Waals surface area contributed by atoms with Gasteiger partial charge in [0.25, 0.3) is 0 Å². The zero-order valence-electron chi connectivity index (χ0n) is 10.2. The number of carbonyl (C=O) groups is 1. The monoisotopic (exact) mass is 292 g/mol. The van der Waals surface area contributed by atoms with Gasteiger partial charge in [-0.05, 0) is 48.4 Å². The highest BCUT2D eigenvalue weighted by atomic mass is 35.5. The van der Waals surface area contributed by atoms with Crippen LogP contribution < -0.4 is 5.32 Å². The molecule has 3 nitrogen and oxygen atoms in total. The molecule has 2 heterocycles. The number of aromatic nitrogens is 1. The van der Waals surface area contributed by atoms with Crippen molar-refractivity contribution < 1.29 is 4.79 Å². The van der Waals surface area contributed by atoms with Crippen LogP contribution in [0.15, 0.2) is 29.8 Å². The van der Waals surface area contributed by atoms with Gasteiger partial charge in [0.1, 0.15) is 5.15 Å². The van der Waals surface area contributed by atoms with E-state index in [9.17, 15) is 4.79 Å². The topological polar surface area (TPSA) is 42.0 Å². The molecule has 0 saturated carbocycles. The molecule has 2 aromatic heterocycles. The van der Waals surface area contributed by atoms with Gasteiger partial charge in [0, 0.05) is 4.88 Å². The largest absolute Gasteiger partial charge is 0.324 e. The van der Waals surface area contributed by atoms with E-state index in [1.54, 1.807) is 29.7 Å². The Bertz CT molecular complexity index is 594. The summed E-state index contributed by atoms with van der Waals surface area (Å²) in [4.78, 5) is 17.7. The molecule has 2 aromatic rings. The maximum Gasteiger partial charge on any atom is 0.231 e. The van der Waals surface area contributed by atoms with E-state index in [1.165, 1.54) is 10.4 Å². The lowest BCUT2D eigenvalue weighted by Crippen LogP contribution is -2.23. The number of hydrogen-bond acceptors (Lipinski definition) is 3. The summed E-state index contributed by atoms with van der Waals surface area (Å²) in [5.74, 6) is 0.00847. The van der Waals surface area contributed by atoms with Crippen molar-refractivity contribution >= 4 is 34.5 Å². The summed E-state index contributed by atoms with van der Waals surface area (Å²) in [6, 6.07) is 5.52. The van der Waals surface area contributed by atoms with Gasteiger partial charge >= 0.3 is 0 Å². The van der Waals surface area contributed by atoms with E-state index in [-0.39, 0.29) is 11.8 Å². The summed E-state index contributed by atoms with van der Waals surface area (Å²) in [6.07, 6.45) is 4.66. The summed E-state index contributed by atoms with van der Waals surface area (Å²) in [6.45, 7) is 0. The Balaban J connectivity index is 1.77. The zero-order chi connectivity index (χ0) is 13.2. The Labute approximate surface area is 120 Å².